The van der Waals surface area contributed by atoms with E-state index < -0.39 is 0 Å². The Balaban J connectivity index is 1.88. The molecule has 0 aliphatic rings. The number of likely N-dealkylation sites (N-methyl/N-ethyl adjacent to an activating group) is 1. The number of ether oxygens (including phenoxy) is 1. The van der Waals surface area contributed by atoms with Gasteiger partial charge in [-0.1, -0.05) is 53.5 Å². The number of amides is 1. The van der Waals surface area contributed by atoms with Crippen molar-refractivity contribution >= 4 is 29.1 Å². The van der Waals surface area contributed by atoms with Crippen LogP contribution in [-0.2, 0) is 4.79 Å². The predicted octanol–water partition coefficient (Wildman–Crippen LogP) is 3.79. The molecule has 0 bridgehead atoms. The Morgan fingerprint density at radius 1 is 1.17 bits per heavy atom. The molecule has 0 aromatic heterocycles. The van der Waals surface area contributed by atoms with Gasteiger partial charge in [-0.05, 0) is 31.8 Å². The van der Waals surface area contributed by atoms with Crippen molar-refractivity contribution in [2.75, 3.05) is 27.2 Å². The van der Waals surface area contributed by atoms with Gasteiger partial charge >= 0.3 is 0 Å². The number of benzene rings is 2. The topological polar surface area (TPSA) is 41.6 Å². The molecule has 2 aromatic carbocycles. The quantitative estimate of drug-likeness (QED) is 0.810. The summed E-state index contributed by atoms with van der Waals surface area (Å²) in [6, 6.07) is 15.0. The van der Waals surface area contributed by atoms with E-state index >= 15 is 0 Å². The van der Waals surface area contributed by atoms with E-state index in [9.17, 15) is 4.79 Å². The van der Waals surface area contributed by atoms with Crippen molar-refractivity contribution in [3.63, 3.8) is 0 Å². The van der Waals surface area contributed by atoms with Gasteiger partial charge in [0.05, 0.1) is 11.1 Å². The zero-order valence-corrected chi connectivity index (χ0v) is 15.1. The van der Waals surface area contributed by atoms with Gasteiger partial charge in [-0.15, -0.1) is 0 Å². The molecule has 4 nitrogen and oxygen atoms in total. The minimum absolute atomic E-state index is 0.0879. The van der Waals surface area contributed by atoms with E-state index in [1.165, 1.54) is 0 Å². The zero-order chi connectivity index (χ0) is 17.5. The van der Waals surface area contributed by atoms with E-state index in [0.29, 0.717) is 22.3 Å². The highest BCUT2D eigenvalue weighted by Crippen LogP contribution is 2.27. The summed E-state index contributed by atoms with van der Waals surface area (Å²) in [4.78, 5) is 14.1. The Hall–Kier alpha value is -1.75. The van der Waals surface area contributed by atoms with Gasteiger partial charge in [0.25, 0.3) is 5.91 Å². The van der Waals surface area contributed by atoms with Crippen LogP contribution >= 0.6 is 23.2 Å². The van der Waals surface area contributed by atoms with E-state index in [1.54, 1.807) is 18.2 Å². The fourth-order valence-corrected chi connectivity index (χ4v) is 2.60. The van der Waals surface area contributed by atoms with Crippen LogP contribution in [-0.4, -0.2) is 38.1 Å². The zero-order valence-electron chi connectivity index (χ0n) is 13.6. The number of hydrogen-bond acceptors (Lipinski definition) is 3. The van der Waals surface area contributed by atoms with Gasteiger partial charge in [-0.3, -0.25) is 4.79 Å². The summed E-state index contributed by atoms with van der Waals surface area (Å²) in [5, 5.41) is 3.81. The molecule has 1 amide bonds. The van der Waals surface area contributed by atoms with E-state index in [4.69, 9.17) is 27.9 Å². The smallest absolute Gasteiger partial charge is 0.258 e. The van der Waals surface area contributed by atoms with Crippen LogP contribution in [0.2, 0.25) is 10.0 Å². The fourth-order valence-electron chi connectivity index (χ4n) is 2.27. The molecule has 0 fully saturated rings. The van der Waals surface area contributed by atoms with Crippen molar-refractivity contribution in [3.05, 3.63) is 64.1 Å². The maximum absolute atomic E-state index is 12.0. The standard InChI is InChI=1S/C18H20Cl2N2O2/c1-22(2)16(13-6-4-3-5-7-13)11-21-18(23)12-24-17-10-14(19)8-9-15(17)20/h3-10,16H,11-12H2,1-2H3,(H,21,23)/t16-/m0/s1. The second-order valence-electron chi connectivity index (χ2n) is 5.56. The maximum Gasteiger partial charge on any atom is 0.258 e. The molecule has 1 N–H and O–H groups in total. The molecule has 0 saturated carbocycles. The van der Waals surface area contributed by atoms with Crippen LogP contribution in [0.1, 0.15) is 11.6 Å². The summed E-state index contributed by atoms with van der Waals surface area (Å²) in [6.07, 6.45) is 0. The molecule has 0 radical (unpaired) electrons. The lowest BCUT2D eigenvalue weighted by molar-refractivity contribution is -0.123. The Morgan fingerprint density at radius 2 is 1.88 bits per heavy atom. The third-order valence-electron chi connectivity index (χ3n) is 3.55. The van der Waals surface area contributed by atoms with Gasteiger partial charge in [-0.2, -0.15) is 0 Å². The summed E-state index contributed by atoms with van der Waals surface area (Å²) in [7, 11) is 3.96. The van der Waals surface area contributed by atoms with E-state index in [1.807, 2.05) is 44.4 Å². The molecule has 0 unspecified atom stereocenters. The molecule has 1 atom stereocenters. The Bertz CT molecular complexity index is 678. The molecule has 24 heavy (non-hydrogen) atoms. The van der Waals surface area contributed by atoms with Crippen LogP contribution in [0.15, 0.2) is 48.5 Å². The second-order valence-corrected chi connectivity index (χ2v) is 6.40. The molecule has 2 rings (SSSR count). The van der Waals surface area contributed by atoms with Gasteiger partial charge in [0.15, 0.2) is 6.61 Å². The van der Waals surface area contributed by atoms with Gasteiger partial charge in [0.1, 0.15) is 5.75 Å². The lowest BCUT2D eigenvalue weighted by atomic mass is 10.1. The minimum Gasteiger partial charge on any atom is -0.482 e. The number of nitrogens with zero attached hydrogens (tertiary/aromatic N) is 1. The fraction of sp³-hybridized carbons (Fsp3) is 0.278. The first-order valence-electron chi connectivity index (χ1n) is 7.53. The first-order valence-corrected chi connectivity index (χ1v) is 8.29. The van der Waals surface area contributed by atoms with E-state index in [2.05, 4.69) is 10.2 Å². The predicted molar refractivity (Wildman–Crippen MR) is 97.8 cm³/mol. The van der Waals surface area contributed by atoms with Crippen LogP contribution in [0.3, 0.4) is 0 Å². The first kappa shape index (κ1) is 18.6. The van der Waals surface area contributed by atoms with Crippen LogP contribution in [0.5, 0.6) is 5.75 Å². The second kappa shape index (κ2) is 8.92. The Kier molecular flexibility index (Phi) is 6.91. The summed E-state index contributed by atoms with van der Waals surface area (Å²) in [6.45, 7) is 0.373. The molecule has 128 valence electrons. The lowest BCUT2D eigenvalue weighted by Gasteiger charge is -2.25. The molecule has 0 aliphatic carbocycles. The van der Waals surface area contributed by atoms with E-state index in [-0.39, 0.29) is 18.6 Å². The van der Waals surface area contributed by atoms with Crippen LogP contribution in [0.4, 0.5) is 0 Å². The highest BCUT2D eigenvalue weighted by atomic mass is 35.5. The molecule has 0 heterocycles. The number of carbonyl (C=O) groups excluding carboxylic acids is 1. The minimum atomic E-state index is -0.214. The highest BCUT2D eigenvalue weighted by molar-refractivity contribution is 6.34. The van der Waals surface area contributed by atoms with Gasteiger partial charge in [0, 0.05) is 17.6 Å². The van der Waals surface area contributed by atoms with Crippen LogP contribution < -0.4 is 10.1 Å². The van der Waals surface area contributed by atoms with Crippen molar-refractivity contribution < 1.29 is 9.53 Å². The van der Waals surface area contributed by atoms with Gasteiger partial charge < -0.3 is 15.0 Å². The normalized spacial score (nSPS) is 12.0. The van der Waals surface area contributed by atoms with Gasteiger partial charge in [0.2, 0.25) is 0 Å². The molecule has 0 spiro atoms. The Labute approximate surface area is 152 Å². The monoisotopic (exact) mass is 366 g/mol. The molecular weight excluding hydrogens is 347 g/mol. The number of hydrogen-bond donors (Lipinski definition) is 1. The summed E-state index contributed by atoms with van der Waals surface area (Å²) < 4.78 is 5.44. The van der Waals surface area contributed by atoms with Crippen molar-refractivity contribution in [1.82, 2.24) is 10.2 Å². The molecule has 2 aromatic rings. The molecule has 0 aliphatic heterocycles. The molecular formula is C18H20Cl2N2O2. The average molecular weight is 367 g/mol. The van der Waals surface area contributed by atoms with Crippen molar-refractivity contribution in [1.29, 1.82) is 0 Å². The first-order chi connectivity index (χ1) is 11.5. The third-order valence-corrected chi connectivity index (χ3v) is 4.10. The lowest BCUT2D eigenvalue weighted by Crippen LogP contribution is -2.36. The summed E-state index contributed by atoms with van der Waals surface area (Å²) in [5.74, 6) is 0.181. The highest BCUT2D eigenvalue weighted by Gasteiger charge is 2.15. The SMILES string of the molecule is CN(C)[C@@H](CNC(=O)COc1cc(Cl)ccc1Cl)c1ccccc1. The van der Waals surface area contributed by atoms with Crippen molar-refractivity contribution in [2.45, 2.75) is 6.04 Å². The van der Waals surface area contributed by atoms with Crippen molar-refractivity contribution in [3.8, 4) is 5.75 Å². The number of carbonyl (C=O) groups is 1. The number of rotatable bonds is 7. The summed E-state index contributed by atoms with van der Waals surface area (Å²) in [5.41, 5.74) is 1.14. The number of nitrogens with one attached hydrogen (secondary N) is 1. The molecule has 0 saturated heterocycles. The van der Waals surface area contributed by atoms with Crippen molar-refractivity contribution in [2.24, 2.45) is 0 Å². The maximum atomic E-state index is 12.0. The summed E-state index contributed by atoms with van der Waals surface area (Å²) >= 11 is 11.9. The van der Waals surface area contributed by atoms with E-state index in [0.717, 1.165) is 5.56 Å². The molecule has 6 heteroatoms. The Morgan fingerprint density at radius 3 is 2.54 bits per heavy atom. The van der Waals surface area contributed by atoms with Crippen LogP contribution in [0.25, 0.3) is 0 Å². The largest absolute Gasteiger partial charge is 0.482 e. The van der Waals surface area contributed by atoms with Crippen LogP contribution in [0, 0.1) is 0 Å². The number of halogens is 2. The average Bonchev–Trinajstić information content (AvgIpc) is 2.56. The third kappa shape index (κ3) is 5.41. The van der Waals surface area contributed by atoms with Gasteiger partial charge in [-0.25, -0.2) is 0 Å².